The minimum absolute atomic E-state index is 0.133. The van der Waals surface area contributed by atoms with Crippen molar-refractivity contribution in [1.29, 1.82) is 0 Å². The number of thioether (sulfide) groups is 1. The monoisotopic (exact) mass is 385 g/mol. The minimum Gasteiger partial charge on any atom is -0.409 e. The number of nitrogens with zero attached hydrogens (tertiary/aromatic N) is 2. The SMILES string of the molecule is CSc1cccc(N(C)Cc2cc(Br)cs2)c1/C(N)=N/O. The third kappa shape index (κ3) is 3.72. The van der Waals surface area contributed by atoms with Crippen LogP contribution < -0.4 is 10.6 Å². The highest BCUT2D eigenvalue weighted by molar-refractivity contribution is 9.10. The Bertz CT molecular complexity index is 657. The lowest BCUT2D eigenvalue weighted by atomic mass is 10.1. The molecule has 0 fully saturated rings. The number of nitrogens with two attached hydrogens (primary N) is 1. The highest BCUT2D eigenvalue weighted by Gasteiger charge is 2.16. The lowest BCUT2D eigenvalue weighted by molar-refractivity contribution is 0.318. The molecular formula is C14H16BrN3OS2. The maximum atomic E-state index is 9.04. The molecule has 0 saturated heterocycles. The predicted octanol–water partition coefficient (Wildman–Crippen LogP) is 3.96. The number of thiophene rings is 1. The highest BCUT2D eigenvalue weighted by Crippen LogP contribution is 2.31. The number of benzene rings is 1. The van der Waals surface area contributed by atoms with Gasteiger partial charge in [0.2, 0.25) is 0 Å². The molecule has 0 radical (unpaired) electrons. The summed E-state index contributed by atoms with van der Waals surface area (Å²) >= 11 is 6.74. The Morgan fingerprint density at radius 1 is 1.52 bits per heavy atom. The van der Waals surface area contributed by atoms with E-state index in [0.717, 1.165) is 27.2 Å². The lowest BCUT2D eigenvalue weighted by Gasteiger charge is -2.23. The molecule has 21 heavy (non-hydrogen) atoms. The largest absolute Gasteiger partial charge is 0.409 e. The first kappa shape index (κ1) is 16.2. The molecule has 3 N–H and O–H groups in total. The van der Waals surface area contributed by atoms with Crippen LogP contribution in [0, 0.1) is 0 Å². The van der Waals surface area contributed by atoms with Gasteiger partial charge in [0.25, 0.3) is 0 Å². The Labute approximate surface area is 140 Å². The molecule has 0 saturated carbocycles. The molecule has 2 rings (SSSR count). The van der Waals surface area contributed by atoms with E-state index in [0.29, 0.717) is 0 Å². The van der Waals surface area contributed by atoms with Crippen LogP contribution in [0.5, 0.6) is 0 Å². The van der Waals surface area contributed by atoms with E-state index in [-0.39, 0.29) is 5.84 Å². The summed E-state index contributed by atoms with van der Waals surface area (Å²) in [5.41, 5.74) is 7.58. The molecule has 1 heterocycles. The van der Waals surface area contributed by atoms with Gasteiger partial charge in [-0.15, -0.1) is 23.1 Å². The third-order valence-corrected chi connectivity index (χ3v) is 5.48. The topological polar surface area (TPSA) is 61.8 Å². The van der Waals surface area contributed by atoms with Gasteiger partial charge < -0.3 is 15.8 Å². The quantitative estimate of drug-likeness (QED) is 0.268. The van der Waals surface area contributed by atoms with Crippen LogP contribution in [0.4, 0.5) is 5.69 Å². The number of oxime groups is 1. The molecule has 0 unspecified atom stereocenters. The summed E-state index contributed by atoms with van der Waals surface area (Å²) in [6, 6.07) is 8.03. The van der Waals surface area contributed by atoms with Crippen molar-refractivity contribution in [2.24, 2.45) is 10.9 Å². The highest BCUT2D eigenvalue weighted by atomic mass is 79.9. The van der Waals surface area contributed by atoms with Crippen LogP contribution in [0.1, 0.15) is 10.4 Å². The van der Waals surface area contributed by atoms with Gasteiger partial charge in [-0.1, -0.05) is 11.2 Å². The van der Waals surface area contributed by atoms with Gasteiger partial charge >= 0.3 is 0 Å². The first-order valence-corrected chi connectivity index (χ1v) is 9.05. The summed E-state index contributed by atoms with van der Waals surface area (Å²) in [5.74, 6) is 0.133. The van der Waals surface area contributed by atoms with Crippen molar-refractivity contribution >= 4 is 50.6 Å². The molecule has 0 amide bonds. The minimum atomic E-state index is 0.133. The number of halogens is 1. The van der Waals surface area contributed by atoms with Gasteiger partial charge in [-0.25, -0.2) is 0 Å². The van der Waals surface area contributed by atoms with E-state index < -0.39 is 0 Å². The van der Waals surface area contributed by atoms with E-state index in [2.05, 4.69) is 37.4 Å². The predicted molar refractivity (Wildman–Crippen MR) is 94.9 cm³/mol. The van der Waals surface area contributed by atoms with Crippen LogP contribution in [0.2, 0.25) is 0 Å². The molecule has 0 spiro atoms. The fourth-order valence-corrected chi connectivity index (χ4v) is 4.20. The van der Waals surface area contributed by atoms with E-state index in [1.54, 1.807) is 23.1 Å². The van der Waals surface area contributed by atoms with E-state index in [1.165, 1.54) is 4.88 Å². The zero-order chi connectivity index (χ0) is 15.4. The van der Waals surface area contributed by atoms with Gasteiger partial charge in [0.05, 0.1) is 12.1 Å². The van der Waals surface area contributed by atoms with Crippen LogP contribution in [-0.4, -0.2) is 24.3 Å². The molecule has 0 aliphatic heterocycles. The van der Waals surface area contributed by atoms with Crippen LogP contribution in [0.15, 0.2) is 44.2 Å². The average Bonchev–Trinajstić information content (AvgIpc) is 2.90. The zero-order valence-corrected chi connectivity index (χ0v) is 14.9. The Hall–Kier alpha value is -1.18. The molecule has 4 nitrogen and oxygen atoms in total. The Morgan fingerprint density at radius 3 is 2.86 bits per heavy atom. The van der Waals surface area contributed by atoms with Crippen molar-refractivity contribution in [3.8, 4) is 0 Å². The molecule has 0 bridgehead atoms. The van der Waals surface area contributed by atoms with Crippen molar-refractivity contribution in [2.75, 3.05) is 18.2 Å². The Kier molecular flexibility index (Phi) is 5.55. The molecule has 2 aromatic rings. The average molecular weight is 386 g/mol. The summed E-state index contributed by atoms with van der Waals surface area (Å²) in [5, 5.41) is 14.3. The van der Waals surface area contributed by atoms with Crippen molar-refractivity contribution in [1.82, 2.24) is 0 Å². The van der Waals surface area contributed by atoms with E-state index in [9.17, 15) is 0 Å². The molecule has 1 aromatic heterocycles. The van der Waals surface area contributed by atoms with E-state index >= 15 is 0 Å². The zero-order valence-electron chi connectivity index (χ0n) is 11.7. The number of rotatable bonds is 5. The number of anilines is 1. The summed E-state index contributed by atoms with van der Waals surface area (Å²) in [7, 11) is 2.00. The molecule has 0 aliphatic rings. The fourth-order valence-electron chi connectivity index (χ4n) is 2.07. The summed E-state index contributed by atoms with van der Waals surface area (Å²) in [6.45, 7) is 0.764. The summed E-state index contributed by atoms with van der Waals surface area (Å²) in [6.07, 6.45) is 1.98. The summed E-state index contributed by atoms with van der Waals surface area (Å²) < 4.78 is 1.09. The number of hydrogen-bond acceptors (Lipinski definition) is 5. The molecule has 1 aromatic carbocycles. The molecule has 7 heteroatoms. The third-order valence-electron chi connectivity index (χ3n) is 3.01. The molecular weight excluding hydrogens is 370 g/mol. The standard InChI is InChI=1S/C14H16BrN3OS2/c1-18(7-10-6-9(15)8-21-10)11-4-3-5-12(20-2)13(11)14(16)17-19/h3-6,8,19H,7H2,1-2H3,(H2,16,17). The van der Waals surface area contributed by atoms with Gasteiger partial charge in [-0.2, -0.15) is 0 Å². The van der Waals surface area contributed by atoms with Crippen LogP contribution in [0.3, 0.4) is 0 Å². The smallest absolute Gasteiger partial charge is 0.173 e. The second-order valence-corrected chi connectivity index (χ2v) is 7.19. The Morgan fingerprint density at radius 2 is 2.29 bits per heavy atom. The molecule has 0 atom stereocenters. The second kappa shape index (κ2) is 7.20. The number of amidine groups is 1. The van der Waals surface area contributed by atoms with Crippen molar-refractivity contribution in [3.05, 3.63) is 44.6 Å². The maximum Gasteiger partial charge on any atom is 0.173 e. The maximum absolute atomic E-state index is 9.04. The van der Waals surface area contributed by atoms with Crippen LogP contribution >= 0.6 is 39.0 Å². The first-order chi connectivity index (χ1) is 10.1. The van der Waals surface area contributed by atoms with Crippen LogP contribution in [-0.2, 0) is 6.54 Å². The van der Waals surface area contributed by atoms with Gasteiger partial charge in [0.1, 0.15) is 0 Å². The first-order valence-electron chi connectivity index (χ1n) is 6.15. The van der Waals surface area contributed by atoms with E-state index in [4.69, 9.17) is 10.9 Å². The Balaban J connectivity index is 2.38. The van der Waals surface area contributed by atoms with Crippen LogP contribution in [0.25, 0.3) is 0 Å². The normalized spacial score (nSPS) is 11.7. The molecule has 0 aliphatic carbocycles. The van der Waals surface area contributed by atoms with Gasteiger partial charge in [-0.05, 0) is 40.4 Å². The van der Waals surface area contributed by atoms with Gasteiger partial charge in [0, 0.05) is 32.4 Å². The molecule has 112 valence electrons. The summed E-state index contributed by atoms with van der Waals surface area (Å²) in [4.78, 5) is 4.33. The van der Waals surface area contributed by atoms with Crippen molar-refractivity contribution in [3.63, 3.8) is 0 Å². The lowest BCUT2D eigenvalue weighted by Crippen LogP contribution is -2.23. The van der Waals surface area contributed by atoms with Gasteiger partial charge in [0.15, 0.2) is 5.84 Å². The number of hydrogen-bond donors (Lipinski definition) is 2. The second-order valence-electron chi connectivity index (χ2n) is 4.43. The van der Waals surface area contributed by atoms with Crippen molar-refractivity contribution in [2.45, 2.75) is 11.4 Å². The van der Waals surface area contributed by atoms with Crippen molar-refractivity contribution < 1.29 is 5.21 Å². The van der Waals surface area contributed by atoms with E-state index in [1.807, 2.05) is 31.5 Å². The van der Waals surface area contributed by atoms with Gasteiger partial charge in [-0.3, -0.25) is 0 Å². The fraction of sp³-hybridized carbons (Fsp3) is 0.214.